The van der Waals surface area contributed by atoms with Crippen LogP contribution >= 0.6 is 0 Å². The van der Waals surface area contributed by atoms with Crippen molar-refractivity contribution in [2.45, 2.75) is 110 Å². The monoisotopic (exact) mass is 415 g/mol. The average molecular weight is 416 g/mol. The maximum atomic E-state index is 10.3. The van der Waals surface area contributed by atoms with Gasteiger partial charge in [-0.1, -0.05) is 27.7 Å². The van der Waals surface area contributed by atoms with Crippen LogP contribution in [-0.4, -0.2) is 29.6 Å². The first-order chi connectivity index (χ1) is 14.3. The van der Waals surface area contributed by atoms with Crippen LogP contribution in [0.25, 0.3) is 0 Å². The number of piperidine rings is 1. The van der Waals surface area contributed by atoms with Crippen molar-refractivity contribution in [2.75, 3.05) is 6.54 Å². The van der Waals surface area contributed by atoms with E-state index in [0.29, 0.717) is 22.9 Å². The molecule has 0 aromatic heterocycles. The average Bonchev–Trinajstić information content (AvgIpc) is 3.16. The highest BCUT2D eigenvalue weighted by Gasteiger charge is 2.68. The van der Waals surface area contributed by atoms with E-state index in [1.165, 1.54) is 51.4 Å². The van der Waals surface area contributed by atoms with Gasteiger partial charge in [0.25, 0.3) is 0 Å². The fourth-order valence-corrected chi connectivity index (χ4v) is 10.4. The van der Waals surface area contributed by atoms with Crippen LogP contribution in [0.2, 0.25) is 0 Å². The van der Waals surface area contributed by atoms with E-state index >= 15 is 0 Å². The smallest absolute Gasteiger partial charge is 0.122 e. The third-order valence-corrected chi connectivity index (χ3v) is 12.1. The standard InChI is InChI=1S/C27H45NO2/c1-16-7-12-27(28-15-16)17(2)24-23(30-27)14-22-20-6-5-18-13-19(29)8-10-25(18,3)21(20)9-11-26(22,24)4/h16-24,28-29H,5-15H2,1-4H3/t16-,17-,18+,19-,20-,21-,22-,23-,24-,25+,26+,27+/m1/s1. The lowest BCUT2D eigenvalue weighted by Crippen LogP contribution is -2.57. The number of hydrogen-bond acceptors (Lipinski definition) is 3. The molecule has 4 saturated carbocycles. The van der Waals surface area contributed by atoms with Gasteiger partial charge in [-0.25, -0.2) is 0 Å². The molecule has 3 nitrogen and oxygen atoms in total. The zero-order valence-electron chi connectivity index (χ0n) is 19.8. The summed E-state index contributed by atoms with van der Waals surface area (Å²) in [5, 5.41) is 14.2. The molecular formula is C27H45NO2. The summed E-state index contributed by atoms with van der Waals surface area (Å²) in [7, 11) is 0. The molecule has 0 aromatic rings. The van der Waals surface area contributed by atoms with Crippen LogP contribution in [0.1, 0.15) is 91.9 Å². The van der Waals surface area contributed by atoms with E-state index < -0.39 is 0 Å². The Morgan fingerprint density at radius 3 is 2.43 bits per heavy atom. The molecule has 6 aliphatic rings. The summed E-state index contributed by atoms with van der Waals surface area (Å²) in [6, 6.07) is 0. The second-order valence-corrected chi connectivity index (χ2v) is 13.3. The summed E-state index contributed by atoms with van der Waals surface area (Å²) >= 11 is 0. The second kappa shape index (κ2) is 6.70. The summed E-state index contributed by atoms with van der Waals surface area (Å²) in [5.74, 6) is 5.57. The van der Waals surface area contributed by atoms with Crippen LogP contribution in [0.15, 0.2) is 0 Å². The summed E-state index contributed by atoms with van der Waals surface area (Å²) < 4.78 is 7.01. The Hall–Kier alpha value is -0.120. The molecule has 12 atom stereocenters. The van der Waals surface area contributed by atoms with Gasteiger partial charge in [-0.05, 0) is 111 Å². The lowest BCUT2D eigenvalue weighted by Gasteiger charge is -2.61. The topological polar surface area (TPSA) is 41.5 Å². The van der Waals surface area contributed by atoms with Crippen LogP contribution in [-0.2, 0) is 4.74 Å². The van der Waals surface area contributed by atoms with Crippen molar-refractivity contribution >= 4 is 0 Å². The number of fused-ring (bicyclic) bond motifs is 7. The van der Waals surface area contributed by atoms with Crippen molar-refractivity contribution in [3.05, 3.63) is 0 Å². The van der Waals surface area contributed by atoms with Gasteiger partial charge in [0.05, 0.1) is 12.2 Å². The van der Waals surface area contributed by atoms with Gasteiger partial charge in [0.15, 0.2) is 0 Å². The summed E-state index contributed by atoms with van der Waals surface area (Å²) in [6.45, 7) is 11.3. The van der Waals surface area contributed by atoms with Gasteiger partial charge < -0.3 is 9.84 Å². The van der Waals surface area contributed by atoms with Crippen LogP contribution in [0.5, 0.6) is 0 Å². The molecule has 0 unspecified atom stereocenters. The summed E-state index contributed by atoms with van der Waals surface area (Å²) in [5.41, 5.74) is 0.919. The Kier molecular flexibility index (Phi) is 4.58. The van der Waals surface area contributed by atoms with Crippen molar-refractivity contribution < 1.29 is 9.84 Å². The molecule has 6 fully saturated rings. The van der Waals surface area contributed by atoms with Crippen molar-refractivity contribution in [1.82, 2.24) is 5.32 Å². The van der Waals surface area contributed by atoms with E-state index in [1.807, 2.05) is 0 Å². The number of hydrogen-bond donors (Lipinski definition) is 2. The Morgan fingerprint density at radius 2 is 1.67 bits per heavy atom. The van der Waals surface area contributed by atoms with E-state index in [-0.39, 0.29) is 11.8 Å². The van der Waals surface area contributed by atoms with E-state index in [2.05, 4.69) is 33.0 Å². The van der Waals surface area contributed by atoms with Crippen molar-refractivity contribution in [1.29, 1.82) is 0 Å². The molecule has 2 heterocycles. The first kappa shape index (κ1) is 20.5. The quantitative estimate of drug-likeness (QED) is 0.559. The first-order valence-corrected chi connectivity index (χ1v) is 13.4. The van der Waals surface area contributed by atoms with Gasteiger partial charge >= 0.3 is 0 Å². The van der Waals surface area contributed by atoms with E-state index in [1.54, 1.807) is 0 Å². The molecule has 170 valence electrons. The predicted octanol–water partition coefficient (Wildman–Crippen LogP) is 5.37. The van der Waals surface area contributed by atoms with Crippen molar-refractivity contribution in [3.63, 3.8) is 0 Å². The minimum Gasteiger partial charge on any atom is -0.393 e. The highest BCUT2D eigenvalue weighted by molar-refractivity contribution is 5.16. The van der Waals surface area contributed by atoms with Gasteiger partial charge in [-0.15, -0.1) is 0 Å². The molecule has 0 amide bonds. The normalized spacial score (nSPS) is 62.5. The van der Waals surface area contributed by atoms with Crippen molar-refractivity contribution in [3.8, 4) is 0 Å². The van der Waals surface area contributed by atoms with Gasteiger partial charge in [0, 0.05) is 12.5 Å². The second-order valence-electron chi connectivity index (χ2n) is 13.3. The molecule has 30 heavy (non-hydrogen) atoms. The van der Waals surface area contributed by atoms with Crippen LogP contribution in [0.3, 0.4) is 0 Å². The first-order valence-electron chi connectivity index (χ1n) is 13.4. The molecule has 1 spiro atoms. The molecule has 0 bridgehead atoms. The molecule has 3 heteroatoms. The molecule has 0 aromatic carbocycles. The Labute approximate surface area is 184 Å². The third-order valence-electron chi connectivity index (χ3n) is 12.1. The van der Waals surface area contributed by atoms with Gasteiger partial charge in [0.2, 0.25) is 0 Å². The molecule has 0 radical (unpaired) electrons. The van der Waals surface area contributed by atoms with Gasteiger partial charge in [0.1, 0.15) is 5.72 Å². The Bertz CT molecular complexity index is 686. The largest absolute Gasteiger partial charge is 0.393 e. The van der Waals surface area contributed by atoms with Crippen LogP contribution in [0, 0.1) is 52.3 Å². The number of nitrogens with one attached hydrogen (secondary N) is 1. The fraction of sp³-hybridized carbons (Fsp3) is 1.00. The van der Waals surface area contributed by atoms with Gasteiger partial charge in [-0.2, -0.15) is 0 Å². The van der Waals surface area contributed by atoms with Crippen molar-refractivity contribution in [2.24, 2.45) is 52.3 Å². The van der Waals surface area contributed by atoms with Crippen LogP contribution < -0.4 is 5.32 Å². The molecular weight excluding hydrogens is 370 g/mol. The molecule has 2 N–H and O–H groups in total. The minimum atomic E-state index is -0.0320. The van der Waals surface area contributed by atoms with Crippen LogP contribution in [0.4, 0.5) is 0 Å². The minimum absolute atomic E-state index is 0.0319. The Balaban J connectivity index is 1.26. The lowest BCUT2D eigenvalue weighted by molar-refractivity contribution is -0.140. The summed E-state index contributed by atoms with van der Waals surface area (Å²) in [6.07, 6.45) is 13.2. The lowest BCUT2D eigenvalue weighted by atomic mass is 9.44. The number of ether oxygens (including phenoxy) is 1. The molecule has 4 aliphatic carbocycles. The number of aliphatic hydroxyl groups is 1. The fourth-order valence-electron chi connectivity index (χ4n) is 10.4. The maximum absolute atomic E-state index is 10.3. The maximum Gasteiger partial charge on any atom is 0.122 e. The SMILES string of the molecule is C[C@@H]1CC[C@]2(NC1)O[C@@H]1C[C@@H]3[C@@H]4CC[C@H]5C[C@H](O)CC[C@]5(C)[C@@H]4CC[C@]3(C)[C@@H]1[C@H]2C. The molecule has 2 aliphatic heterocycles. The molecule has 6 rings (SSSR count). The molecule has 2 saturated heterocycles. The third kappa shape index (κ3) is 2.61. The zero-order chi connectivity index (χ0) is 20.9. The Morgan fingerprint density at radius 1 is 0.867 bits per heavy atom. The predicted molar refractivity (Wildman–Crippen MR) is 120 cm³/mol. The van der Waals surface area contributed by atoms with Gasteiger partial charge in [-0.3, -0.25) is 5.32 Å². The van der Waals surface area contributed by atoms with E-state index in [4.69, 9.17) is 4.74 Å². The zero-order valence-corrected chi connectivity index (χ0v) is 19.8. The number of rotatable bonds is 0. The van der Waals surface area contributed by atoms with E-state index in [0.717, 1.165) is 54.9 Å². The summed E-state index contributed by atoms with van der Waals surface area (Å²) in [4.78, 5) is 0. The van der Waals surface area contributed by atoms with E-state index in [9.17, 15) is 5.11 Å². The number of aliphatic hydroxyl groups excluding tert-OH is 1. The highest BCUT2D eigenvalue weighted by atomic mass is 16.5. The highest BCUT2D eigenvalue weighted by Crippen LogP contribution is 2.71.